The third-order valence-corrected chi connectivity index (χ3v) is 9.27. The number of sulfonamides is 1. The van der Waals surface area contributed by atoms with Gasteiger partial charge in [0.05, 0.1) is 12.8 Å². The normalized spacial score (nSPS) is 17.6. The average Bonchev–Trinajstić information content (AvgIpc) is 3.59. The van der Waals surface area contributed by atoms with Gasteiger partial charge in [0.2, 0.25) is 10.0 Å². The number of carbonyl (C=O) groups is 2. The number of rotatable bonds is 9. The van der Waals surface area contributed by atoms with Crippen LogP contribution in [0.5, 0.6) is 0 Å². The van der Waals surface area contributed by atoms with Gasteiger partial charge >= 0.3 is 5.97 Å². The number of ether oxygens (including phenoxy) is 1. The maximum absolute atomic E-state index is 13.9. The molecular formula is C31H31N3O7S. The quantitative estimate of drug-likeness (QED) is 0.259. The molecule has 0 aliphatic heterocycles. The number of methoxy groups -OCH3 is 1. The summed E-state index contributed by atoms with van der Waals surface area (Å²) >= 11 is 0. The summed E-state index contributed by atoms with van der Waals surface area (Å²) in [7, 11) is -3.21. The Hall–Kier alpha value is -4.48. The molecule has 0 spiro atoms. The van der Waals surface area contributed by atoms with Crippen molar-refractivity contribution in [1.29, 1.82) is 0 Å². The molecule has 218 valence electrons. The number of nitrogens with zero attached hydrogens (tertiary/aromatic N) is 1. The van der Waals surface area contributed by atoms with Crippen molar-refractivity contribution in [1.82, 2.24) is 15.2 Å². The topological polar surface area (TPSA) is 141 Å². The highest BCUT2D eigenvalue weighted by molar-refractivity contribution is 7.91. The van der Waals surface area contributed by atoms with Crippen LogP contribution >= 0.6 is 0 Å². The number of fused-ring (bicyclic) bond motifs is 1. The lowest BCUT2D eigenvalue weighted by Crippen LogP contribution is -2.59. The fraction of sp³-hybridized carbons (Fsp3) is 0.258. The van der Waals surface area contributed by atoms with Gasteiger partial charge in [-0.05, 0) is 43.5 Å². The van der Waals surface area contributed by atoms with Gasteiger partial charge in [-0.1, -0.05) is 66.7 Å². The van der Waals surface area contributed by atoms with E-state index in [2.05, 4.69) is 15.2 Å². The predicted octanol–water partition coefficient (Wildman–Crippen LogP) is 5.05. The van der Waals surface area contributed by atoms with Crippen molar-refractivity contribution in [2.24, 2.45) is 0 Å². The number of hydrogen-bond acceptors (Lipinski definition) is 8. The number of nitrogens with one attached hydrogen (secondary N) is 2. The summed E-state index contributed by atoms with van der Waals surface area (Å²) in [6.45, 7) is 5.19. The number of aryl methyl sites for hydroxylation is 2. The summed E-state index contributed by atoms with van der Waals surface area (Å²) in [6, 6.07) is 15.4. The van der Waals surface area contributed by atoms with E-state index in [1.807, 2.05) is 36.4 Å². The first kappa shape index (κ1) is 29.0. The number of hydrogen-bond donors (Lipinski definition) is 2. The monoisotopic (exact) mass is 589 g/mol. The number of benzene rings is 2. The molecule has 0 bridgehead atoms. The molecule has 0 saturated carbocycles. The number of aromatic nitrogens is 1. The lowest BCUT2D eigenvalue weighted by atomic mass is 9.96. The first-order valence-electron chi connectivity index (χ1n) is 13.4. The molecular weight excluding hydrogens is 558 g/mol. The van der Waals surface area contributed by atoms with Crippen LogP contribution in [0.25, 0.3) is 27.9 Å². The van der Waals surface area contributed by atoms with Crippen LogP contribution in [-0.2, 0) is 19.6 Å². The van der Waals surface area contributed by atoms with Crippen LogP contribution in [-0.4, -0.2) is 43.5 Å². The van der Waals surface area contributed by atoms with Gasteiger partial charge in [0, 0.05) is 29.0 Å². The van der Waals surface area contributed by atoms with E-state index < -0.39 is 32.8 Å². The molecule has 2 aromatic heterocycles. The molecule has 2 atom stereocenters. The fourth-order valence-electron chi connectivity index (χ4n) is 5.02. The summed E-state index contributed by atoms with van der Waals surface area (Å²) in [5.41, 5.74) is 4.01. The molecule has 2 unspecified atom stereocenters. The molecule has 1 amide bonds. The Morgan fingerprint density at radius 2 is 1.88 bits per heavy atom. The third-order valence-electron chi connectivity index (χ3n) is 7.31. The Labute approximate surface area is 243 Å². The average molecular weight is 590 g/mol. The summed E-state index contributed by atoms with van der Waals surface area (Å²) in [5, 5.41) is 7.32. The molecule has 0 fully saturated rings. The van der Waals surface area contributed by atoms with Gasteiger partial charge in [-0.25, -0.2) is 8.42 Å². The van der Waals surface area contributed by atoms with E-state index in [0.29, 0.717) is 33.6 Å². The van der Waals surface area contributed by atoms with Crippen LogP contribution in [0.15, 0.2) is 81.8 Å². The van der Waals surface area contributed by atoms with Gasteiger partial charge in [0.25, 0.3) is 5.91 Å². The van der Waals surface area contributed by atoms with E-state index in [1.54, 1.807) is 51.1 Å². The zero-order valence-electron chi connectivity index (χ0n) is 23.6. The van der Waals surface area contributed by atoms with Crippen LogP contribution in [0.4, 0.5) is 0 Å². The predicted molar refractivity (Wildman–Crippen MR) is 158 cm³/mol. The Morgan fingerprint density at radius 1 is 1.12 bits per heavy atom. The van der Waals surface area contributed by atoms with E-state index in [1.165, 1.54) is 13.2 Å². The highest BCUT2D eigenvalue weighted by atomic mass is 32.2. The van der Waals surface area contributed by atoms with Gasteiger partial charge in [-0.15, -0.1) is 0 Å². The van der Waals surface area contributed by atoms with Crippen molar-refractivity contribution >= 4 is 38.4 Å². The molecule has 4 aromatic rings. The second-order valence-electron chi connectivity index (χ2n) is 10.1. The second-order valence-corrected chi connectivity index (χ2v) is 12.1. The van der Waals surface area contributed by atoms with Crippen LogP contribution in [0, 0.1) is 13.8 Å². The van der Waals surface area contributed by atoms with Gasteiger partial charge in [-0.3, -0.25) is 9.59 Å². The van der Waals surface area contributed by atoms with E-state index in [0.717, 1.165) is 11.1 Å². The molecule has 2 heterocycles. The van der Waals surface area contributed by atoms with Crippen LogP contribution in [0.1, 0.15) is 47.1 Å². The highest BCUT2D eigenvalue weighted by Gasteiger charge is 2.46. The molecule has 11 heteroatoms. The Balaban J connectivity index is 1.54. The maximum Gasteiger partial charge on any atom is 0.323 e. The van der Waals surface area contributed by atoms with Gasteiger partial charge in [-0.2, -0.15) is 4.72 Å². The first-order chi connectivity index (χ1) is 20.1. The molecule has 5 rings (SSSR count). The van der Waals surface area contributed by atoms with Crippen LogP contribution in [0.3, 0.4) is 0 Å². The number of amides is 1. The zero-order chi connectivity index (χ0) is 30.1. The molecule has 10 nitrogen and oxygen atoms in total. The van der Waals surface area contributed by atoms with Crippen molar-refractivity contribution in [3.8, 4) is 11.3 Å². The smallest absolute Gasteiger partial charge is 0.323 e. The molecule has 1 aliphatic rings. The van der Waals surface area contributed by atoms with Crippen LogP contribution < -0.4 is 10.0 Å². The summed E-state index contributed by atoms with van der Waals surface area (Å²) < 4.78 is 46.5. The lowest BCUT2D eigenvalue weighted by Gasteiger charge is -2.34. The molecule has 0 saturated heterocycles. The van der Waals surface area contributed by atoms with Crippen molar-refractivity contribution in [2.75, 3.05) is 7.11 Å². The molecule has 0 radical (unpaired) electrons. The minimum Gasteiger partial charge on any atom is -0.468 e. The fourth-order valence-corrected chi connectivity index (χ4v) is 6.65. The number of carbonyl (C=O) groups excluding carboxylic acids is 2. The Morgan fingerprint density at radius 3 is 2.50 bits per heavy atom. The van der Waals surface area contributed by atoms with Crippen molar-refractivity contribution in [2.45, 2.75) is 44.5 Å². The Bertz CT molecular complexity index is 1820. The van der Waals surface area contributed by atoms with Crippen LogP contribution in [0.2, 0.25) is 0 Å². The molecule has 1 aliphatic carbocycles. The van der Waals surface area contributed by atoms with E-state index in [-0.39, 0.29) is 18.6 Å². The van der Waals surface area contributed by atoms with Crippen molar-refractivity contribution in [3.63, 3.8) is 0 Å². The Kier molecular flexibility index (Phi) is 7.89. The summed E-state index contributed by atoms with van der Waals surface area (Å²) in [4.78, 5) is 24.2. The van der Waals surface area contributed by atoms with Gasteiger partial charge in [0.1, 0.15) is 11.6 Å². The van der Waals surface area contributed by atoms with E-state index in [9.17, 15) is 18.0 Å². The minimum atomic E-state index is -4.39. The first-order valence-corrected chi connectivity index (χ1v) is 14.9. The SMILES string of the molecule is CCC(NS(=O)(=O)C1(NC(=O)c2oc3cccc(-c4cc(C)no4)c3c2C)C=CC(c2ccccc2)=CC1)C(=O)OC. The van der Waals surface area contributed by atoms with Gasteiger partial charge < -0.3 is 19.0 Å². The third kappa shape index (κ3) is 5.28. The van der Waals surface area contributed by atoms with Gasteiger partial charge in [0.15, 0.2) is 16.4 Å². The molecule has 42 heavy (non-hydrogen) atoms. The number of esters is 1. The minimum absolute atomic E-state index is 0.0468. The number of allylic oxidation sites excluding steroid dienone is 2. The van der Waals surface area contributed by atoms with Crippen molar-refractivity contribution < 1.29 is 31.7 Å². The zero-order valence-corrected chi connectivity index (χ0v) is 24.4. The molecule has 2 aromatic carbocycles. The standard InChI is InChI=1S/C31H31N3O7S/c1-5-24(30(36)39-4)34-42(37,38)31(16-14-22(15-17-31)21-10-7-6-8-11-21)32-29(35)28-20(3)27-23(12-9-13-25(27)40-28)26-18-19(2)33-41-26/h6-16,18,24,34H,5,17H2,1-4H3,(H,32,35). The number of furan rings is 1. The largest absolute Gasteiger partial charge is 0.468 e. The van der Waals surface area contributed by atoms with Crippen molar-refractivity contribution in [3.05, 3.63) is 95.4 Å². The lowest BCUT2D eigenvalue weighted by molar-refractivity contribution is -0.142. The molecule has 2 N–H and O–H groups in total. The highest BCUT2D eigenvalue weighted by Crippen LogP contribution is 2.36. The summed E-state index contributed by atoms with van der Waals surface area (Å²) in [5.74, 6) is -0.999. The van der Waals surface area contributed by atoms with E-state index in [4.69, 9.17) is 13.7 Å². The summed E-state index contributed by atoms with van der Waals surface area (Å²) in [6.07, 6.45) is 4.86. The maximum atomic E-state index is 13.9. The van der Waals surface area contributed by atoms with E-state index >= 15 is 0 Å². The second kappa shape index (κ2) is 11.4.